The van der Waals surface area contributed by atoms with Crippen LogP contribution >= 0.6 is 27.3 Å². The fraction of sp³-hybridized carbons (Fsp3) is 0.182. The largest absolute Gasteiger partial charge is 0.484 e. The molecular weight excluding hydrogens is 454 g/mol. The SMILES string of the molecule is COC(=O)c1c(NC(=O)COc2cccc(C)c2)sc(C)c1-c1ccc(Br)cc1. The number of hydrogen-bond donors (Lipinski definition) is 1. The summed E-state index contributed by atoms with van der Waals surface area (Å²) in [5.41, 5.74) is 3.02. The first kappa shape index (κ1) is 21.1. The van der Waals surface area contributed by atoms with E-state index in [2.05, 4.69) is 21.2 Å². The molecule has 7 heteroatoms. The summed E-state index contributed by atoms with van der Waals surface area (Å²) >= 11 is 4.75. The van der Waals surface area contributed by atoms with Crippen molar-refractivity contribution in [3.05, 3.63) is 69.0 Å². The lowest BCUT2D eigenvalue weighted by Gasteiger charge is -2.09. The molecule has 0 atom stereocenters. The summed E-state index contributed by atoms with van der Waals surface area (Å²) < 4.78 is 11.5. The quantitative estimate of drug-likeness (QED) is 0.473. The van der Waals surface area contributed by atoms with E-state index in [0.29, 0.717) is 16.3 Å². The summed E-state index contributed by atoms with van der Waals surface area (Å²) in [5, 5.41) is 3.25. The van der Waals surface area contributed by atoms with Crippen LogP contribution in [-0.4, -0.2) is 25.6 Å². The molecule has 0 saturated carbocycles. The van der Waals surface area contributed by atoms with Gasteiger partial charge in [-0.25, -0.2) is 4.79 Å². The zero-order valence-electron chi connectivity index (χ0n) is 16.2. The minimum atomic E-state index is -0.498. The van der Waals surface area contributed by atoms with Gasteiger partial charge in [-0.05, 0) is 49.2 Å². The third kappa shape index (κ3) is 5.05. The molecule has 1 N–H and O–H groups in total. The van der Waals surface area contributed by atoms with Gasteiger partial charge in [-0.1, -0.05) is 40.2 Å². The van der Waals surface area contributed by atoms with Gasteiger partial charge in [0.05, 0.1) is 7.11 Å². The maximum Gasteiger partial charge on any atom is 0.341 e. The molecule has 0 aliphatic carbocycles. The van der Waals surface area contributed by atoms with Crippen LogP contribution in [0.1, 0.15) is 20.8 Å². The van der Waals surface area contributed by atoms with E-state index < -0.39 is 5.97 Å². The van der Waals surface area contributed by atoms with Gasteiger partial charge in [0.15, 0.2) is 6.61 Å². The van der Waals surface area contributed by atoms with Crippen molar-refractivity contribution >= 4 is 44.1 Å². The normalized spacial score (nSPS) is 10.5. The molecule has 150 valence electrons. The fourth-order valence-corrected chi connectivity index (χ4v) is 4.26. The number of carbonyl (C=O) groups is 2. The molecule has 0 aliphatic heterocycles. The minimum absolute atomic E-state index is 0.158. The minimum Gasteiger partial charge on any atom is -0.484 e. The van der Waals surface area contributed by atoms with Gasteiger partial charge in [0.2, 0.25) is 0 Å². The molecule has 3 aromatic rings. The maximum atomic E-state index is 12.5. The standard InChI is InChI=1S/C22H20BrNO4S/c1-13-5-4-6-17(11-13)28-12-18(25)24-21-20(22(26)27-3)19(14(2)29-21)15-7-9-16(23)10-8-15/h4-11H,12H2,1-3H3,(H,24,25). The van der Waals surface area contributed by atoms with Crippen LogP contribution in [0.4, 0.5) is 5.00 Å². The van der Waals surface area contributed by atoms with E-state index in [1.165, 1.54) is 18.4 Å². The summed E-state index contributed by atoms with van der Waals surface area (Å²) in [4.78, 5) is 25.9. The van der Waals surface area contributed by atoms with Crippen LogP contribution in [0, 0.1) is 13.8 Å². The average molecular weight is 474 g/mol. The number of anilines is 1. The number of thiophene rings is 1. The monoisotopic (exact) mass is 473 g/mol. The number of ether oxygens (including phenoxy) is 2. The zero-order valence-corrected chi connectivity index (χ0v) is 18.6. The molecule has 29 heavy (non-hydrogen) atoms. The molecule has 0 unspecified atom stereocenters. The summed E-state index contributed by atoms with van der Waals surface area (Å²) in [6.07, 6.45) is 0. The Morgan fingerprint density at radius 1 is 1.10 bits per heavy atom. The molecule has 0 fully saturated rings. The van der Waals surface area contributed by atoms with Gasteiger partial charge >= 0.3 is 5.97 Å². The smallest absolute Gasteiger partial charge is 0.341 e. The number of methoxy groups -OCH3 is 1. The molecule has 0 radical (unpaired) electrons. The molecule has 0 aliphatic rings. The Morgan fingerprint density at radius 3 is 2.48 bits per heavy atom. The predicted molar refractivity (Wildman–Crippen MR) is 119 cm³/mol. The van der Waals surface area contributed by atoms with Crippen LogP contribution in [0.2, 0.25) is 0 Å². The van der Waals surface area contributed by atoms with E-state index in [9.17, 15) is 9.59 Å². The first-order valence-corrected chi connectivity index (χ1v) is 10.5. The highest BCUT2D eigenvalue weighted by atomic mass is 79.9. The van der Waals surface area contributed by atoms with Gasteiger partial charge in [-0.3, -0.25) is 4.79 Å². The Bertz CT molecular complexity index is 1040. The topological polar surface area (TPSA) is 64.6 Å². The van der Waals surface area contributed by atoms with Gasteiger partial charge in [-0.2, -0.15) is 0 Å². The molecule has 0 spiro atoms. The molecule has 1 amide bonds. The van der Waals surface area contributed by atoms with Crippen molar-refractivity contribution in [1.29, 1.82) is 0 Å². The van der Waals surface area contributed by atoms with Crippen molar-refractivity contribution in [1.82, 2.24) is 0 Å². The van der Waals surface area contributed by atoms with E-state index in [-0.39, 0.29) is 12.5 Å². The molecule has 2 aromatic carbocycles. The van der Waals surface area contributed by atoms with Gasteiger partial charge in [0.1, 0.15) is 16.3 Å². The molecule has 0 saturated heterocycles. The Hall–Kier alpha value is -2.64. The Balaban J connectivity index is 1.85. The summed E-state index contributed by atoms with van der Waals surface area (Å²) in [7, 11) is 1.33. The Kier molecular flexibility index (Phi) is 6.71. The summed E-state index contributed by atoms with van der Waals surface area (Å²) in [6, 6.07) is 15.1. The second-order valence-corrected chi connectivity index (χ2v) is 8.53. The second-order valence-electron chi connectivity index (χ2n) is 6.39. The van der Waals surface area contributed by atoms with Gasteiger partial charge in [0, 0.05) is 14.9 Å². The van der Waals surface area contributed by atoms with Crippen molar-refractivity contribution in [3.8, 4) is 16.9 Å². The van der Waals surface area contributed by atoms with Gasteiger partial charge in [-0.15, -0.1) is 11.3 Å². The first-order chi connectivity index (χ1) is 13.9. The van der Waals surface area contributed by atoms with E-state index >= 15 is 0 Å². The van der Waals surface area contributed by atoms with Crippen LogP contribution in [0.15, 0.2) is 53.0 Å². The number of nitrogens with one attached hydrogen (secondary N) is 1. The van der Waals surface area contributed by atoms with Gasteiger partial charge < -0.3 is 14.8 Å². The summed E-state index contributed by atoms with van der Waals surface area (Å²) in [6.45, 7) is 3.70. The number of esters is 1. The lowest BCUT2D eigenvalue weighted by atomic mass is 10.0. The second kappa shape index (κ2) is 9.24. The highest BCUT2D eigenvalue weighted by Crippen LogP contribution is 2.40. The number of amides is 1. The van der Waals surface area contributed by atoms with E-state index in [1.54, 1.807) is 6.07 Å². The fourth-order valence-electron chi connectivity index (χ4n) is 2.91. The van der Waals surface area contributed by atoms with Crippen molar-refractivity contribution in [3.63, 3.8) is 0 Å². The van der Waals surface area contributed by atoms with Crippen LogP contribution in [-0.2, 0) is 9.53 Å². The van der Waals surface area contributed by atoms with Crippen molar-refractivity contribution in [2.45, 2.75) is 13.8 Å². The molecule has 1 aromatic heterocycles. The Morgan fingerprint density at radius 2 is 1.83 bits per heavy atom. The Labute approximate surface area is 181 Å². The highest BCUT2D eigenvalue weighted by molar-refractivity contribution is 9.10. The van der Waals surface area contributed by atoms with Crippen molar-refractivity contribution < 1.29 is 19.1 Å². The van der Waals surface area contributed by atoms with Crippen molar-refractivity contribution in [2.75, 3.05) is 19.0 Å². The lowest BCUT2D eigenvalue weighted by Crippen LogP contribution is -2.21. The number of aryl methyl sites for hydroxylation is 2. The third-order valence-corrected chi connectivity index (χ3v) is 5.77. The number of halogens is 1. The van der Waals surface area contributed by atoms with Crippen LogP contribution < -0.4 is 10.1 Å². The van der Waals surface area contributed by atoms with Crippen LogP contribution in [0.5, 0.6) is 5.75 Å². The van der Waals surface area contributed by atoms with E-state index in [1.807, 2.05) is 56.3 Å². The zero-order chi connectivity index (χ0) is 21.0. The van der Waals surface area contributed by atoms with E-state index in [0.717, 1.165) is 26.0 Å². The molecule has 1 heterocycles. The third-order valence-electron chi connectivity index (χ3n) is 4.22. The summed E-state index contributed by atoms with van der Waals surface area (Å²) in [5.74, 6) is -0.228. The van der Waals surface area contributed by atoms with Crippen LogP contribution in [0.25, 0.3) is 11.1 Å². The molecular formula is C22H20BrNO4S. The molecule has 0 bridgehead atoms. The highest BCUT2D eigenvalue weighted by Gasteiger charge is 2.25. The molecule has 5 nitrogen and oxygen atoms in total. The van der Waals surface area contributed by atoms with Crippen molar-refractivity contribution in [2.24, 2.45) is 0 Å². The maximum absolute atomic E-state index is 12.5. The number of carbonyl (C=O) groups excluding carboxylic acids is 2. The number of hydrogen-bond acceptors (Lipinski definition) is 5. The number of rotatable bonds is 6. The van der Waals surface area contributed by atoms with Crippen LogP contribution in [0.3, 0.4) is 0 Å². The predicted octanol–water partition coefficient (Wildman–Crippen LogP) is 5.60. The number of benzene rings is 2. The average Bonchev–Trinajstić information content (AvgIpc) is 3.02. The van der Waals surface area contributed by atoms with E-state index in [4.69, 9.17) is 9.47 Å². The van der Waals surface area contributed by atoms with Gasteiger partial charge in [0.25, 0.3) is 5.91 Å². The lowest BCUT2D eigenvalue weighted by molar-refractivity contribution is -0.118. The first-order valence-electron chi connectivity index (χ1n) is 8.86. The molecule has 3 rings (SSSR count).